The zero-order valence-electron chi connectivity index (χ0n) is 8.78. The molecule has 2 nitrogen and oxygen atoms in total. The summed E-state index contributed by atoms with van der Waals surface area (Å²) in [4.78, 5) is 0. The Balaban J connectivity index is 2.24. The van der Waals surface area contributed by atoms with Gasteiger partial charge in [-0.2, -0.15) is 0 Å². The standard InChI is InChI=1S/C12H15ClO2/c1-2-12(10-6-4-3-5-7-10)14-9-11(8-13)15-12/h3-7,11H,2,8-9H2,1H3. The van der Waals surface area contributed by atoms with Crippen molar-refractivity contribution in [3.8, 4) is 0 Å². The summed E-state index contributed by atoms with van der Waals surface area (Å²) in [5.41, 5.74) is 1.07. The van der Waals surface area contributed by atoms with Gasteiger partial charge in [-0.3, -0.25) is 0 Å². The zero-order valence-corrected chi connectivity index (χ0v) is 9.54. The predicted molar refractivity (Wildman–Crippen MR) is 60.0 cm³/mol. The summed E-state index contributed by atoms with van der Waals surface area (Å²) >= 11 is 5.77. The summed E-state index contributed by atoms with van der Waals surface area (Å²) in [6.45, 7) is 2.63. The summed E-state index contributed by atoms with van der Waals surface area (Å²) in [5, 5.41) is 0. The Bertz CT molecular complexity index is 315. The van der Waals surface area contributed by atoms with Crippen LogP contribution in [0, 0.1) is 0 Å². The van der Waals surface area contributed by atoms with Crippen molar-refractivity contribution in [2.24, 2.45) is 0 Å². The molecule has 0 aromatic heterocycles. The minimum Gasteiger partial charge on any atom is -0.343 e. The third-order valence-corrected chi connectivity index (χ3v) is 3.05. The Morgan fingerprint density at radius 2 is 2.13 bits per heavy atom. The van der Waals surface area contributed by atoms with E-state index < -0.39 is 5.79 Å². The Morgan fingerprint density at radius 1 is 1.40 bits per heavy atom. The van der Waals surface area contributed by atoms with E-state index in [1.165, 1.54) is 0 Å². The van der Waals surface area contributed by atoms with Gasteiger partial charge in [-0.15, -0.1) is 11.6 Å². The van der Waals surface area contributed by atoms with Crippen molar-refractivity contribution in [3.63, 3.8) is 0 Å². The lowest BCUT2D eigenvalue weighted by Crippen LogP contribution is -2.27. The van der Waals surface area contributed by atoms with E-state index in [1.807, 2.05) is 30.3 Å². The van der Waals surface area contributed by atoms with Crippen LogP contribution in [-0.2, 0) is 15.3 Å². The third kappa shape index (κ3) is 2.03. The smallest absolute Gasteiger partial charge is 0.195 e. The molecule has 2 rings (SSSR count). The fourth-order valence-corrected chi connectivity index (χ4v) is 2.03. The van der Waals surface area contributed by atoms with E-state index in [9.17, 15) is 0 Å². The fraction of sp³-hybridized carbons (Fsp3) is 0.500. The topological polar surface area (TPSA) is 18.5 Å². The summed E-state index contributed by atoms with van der Waals surface area (Å²) < 4.78 is 11.7. The average molecular weight is 227 g/mol. The second-order valence-electron chi connectivity index (χ2n) is 3.68. The molecule has 0 bridgehead atoms. The summed E-state index contributed by atoms with van der Waals surface area (Å²) in [6, 6.07) is 10.0. The molecule has 0 spiro atoms. The minimum absolute atomic E-state index is 0.00632. The van der Waals surface area contributed by atoms with Crippen LogP contribution in [0.5, 0.6) is 0 Å². The van der Waals surface area contributed by atoms with Gasteiger partial charge < -0.3 is 9.47 Å². The van der Waals surface area contributed by atoms with Gasteiger partial charge in [0.2, 0.25) is 0 Å². The van der Waals surface area contributed by atoms with Crippen LogP contribution >= 0.6 is 11.6 Å². The molecule has 1 heterocycles. The molecule has 0 saturated carbocycles. The van der Waals surface area contributed by atoms with Gasteiger partial charge in [0.1, 0.15) is 0 Å². The van der Waals surface area contributed by atoms with Gasteiger partial charge in [0.05, 0.1) is 18.6 Å². The van der Waals surface area contributed by atoms with Crippen LogP contribution in [0.1, 0.15) is 18.9 Å². The summed E-state index contributed by atoms with van der Waals surface area (Å²) in [7, 11) is 0. The van der Waals surface area contributed by atoms with E-state index in [0.29, 0.717) is 12.5 Å². The number of benzene rings is 1. The van der Waals surface area contributed by atoms with Crippen molar-refractivity contribution >= 4 is 11.6 Å². The lowest BCUT2D eigenvalue weighted by atomic mass is 10.0. The molecule has 1 aromatic carbocycles. The molecule has 1 aromatic rings. The lowest BCUT2D eigenvalue weighted by Gasteiger charge is -2.27. The normalized spacial score (nSPS) is 30.7. The quantitative estimate of drug-likeness (QED) is 0.738. The Kier molecular flexibility index (Phi) is 3.29. The zero-order chi connectivity index (χ0) is 10.7. The largest absolute Gasteiger partial charge is 0.343 e. The molecule has 0 radical (unpaired) electrons. The first-order valence-corrected chi connectivity index (χ1v) is 5.77. The van der Waals surface area contributed by atoms with Crippen LogP contribution < -0.4 is 0 Å². The van der Waals surface area contributed by atoms with Crippen LogP contribution in [0.25, 0.3) is 0 Å². The predicted octanol–water partition coefficient (Wildman–Crippen LogP) is 2.90. The molecule has 1 aliphatic rings. The first kappa shape index (κ1) is 10.9. The molecule has 3 heteroatoms. The second kappa shape index (κ2) is 4.52. The van der Waals surface area contributed by atoms with Crippen LogP contribution in [0.4, 0.5) is 0 Å². The van der Waals surface area contributed by atoms with Gasteiger partial charge in [0.25, 0.3) is 0 Å². The second-order valence-corrected chi connectivity index (χ2v) is 3.99. The molecule has 82 valence electrons. The van der Waals surface area contributed by atoms with Gasteiger partial charge in [-0.25, -0.2) is 0 Å². The van der Waals surface area contributed by atoms with Crippen molar-refractivity contribution in [1.82, 2.24) is 0 Å². The number of hydrogen-bond donors (Lipinski definition) is 0. The molecule has 0 N–H and O–H groups in total. The molecule has 1 fully saturated rings. The highest BCUT2D eigenvalue weighted by Crippen LogP contribution is 2.37. The highest BCUT2D eigenvalue weighted by molar-refractivity contribution is 6.18. The minimum atomic E-state index is -0.583. The Labute approximate surface area is 95.1 Å². The third-order valence-electron chi connectivity index (χ3n) is 2.71. The number of rotatable bonds is 3. The SMILES string of the molecule is CCC1(c2ccccc2)OCC(CCl)O1. The average Bonchev–Trinajstić information content (AvgIpc) is 2.75. The number of halogens is 1. The van der Waals surface area contributed by atoms with Crippen molar-refractivity contribution < 1.29 is 9.47 Å². The van der Waals surface area contributed by atoms with E-state index in [4.69, 9.17) is 21.1 Å². The maximum Gasteiger partial charge on any atom is 0.195 e. The van der Waals surface area contributed by atoms with E-state index in [-0.39, 0.29) is 6.10 Å². The van der Waals surface area contributed by atoms with Gasteiger partial charge in [0, 0.05) is 12.0 Å². The van der Waals surface area contributed by atoms with E-state index in [0.717, 1.165) is 12.0 Å². The van der Waals surface area contributed by atoms with Crippen molar-refractivity contribution in [2.75, 3.05) is 12.5 Å². The molecule has 15 heavy (non-hydrogen) atoms. The van der Waals surface area contributed by atoms with Gasteiger partial charge in [0.15, 0.2) is 5.79 Å². The van der Waals surface area contributed by atoms with Crippen LogP contribution in [0.2, 0.25) is 0 Å². The number of alkyl halides is 1. The molecular formula is C12H15ClO2. The highest BCUT2D eigenvalue weighted by atomic mass is 35.5. The fourth-order valence-electron chi connectivity index (χ4n) is 1.87. The van der Waals surface area contributed by atoms with Crippen LogP contribution in [0.3, 0.4) is 0 Å². The Hall–Kier alpha value is -0.570. The summed E-state index contributed by atoms with van der Waals surface area (Å²) in [6.07, 6.45) is 0.802. The first-order valence-electron chi connectivity index (χ1n) is 5.24. The monoisotopic (exact) mass is 226 g/mol. The van der Waals surface area contributed by atoms with Crippen molar-refractivity contribution in [2.45, 2.75) is 25.2 Å². The maximum absolute atomic E-state index is 5.88. The van der Waals surface area contributed by atoms with E-state index in [1.54, 1.807) is 0 Å². The molecule has 2 unspecified atom stereocenters. The van der Waals surface area contributed by atoms with Crippen molar-refractivity contribution in [1.29, 1.82) is 0 Å². The van der Waals surface area contributed by atoms with Crippen LogP contribution in [0.15, 0.2) is 30.3 Å². The van der Waals surface area contributed by atoms with Gasteiger partial charge >= 0.3 is 0 Å². The van der Waals surface area contributed by atoms with Gasteiger partial charge in [-0.1, -0.05) is 37.3 Å². The number of ether oxygens (including phenoxy) is 2. The lowest BCUT2D eigenvalue weighted by molar-refractivity contribution is -0.176. The molecular weight excluding hydrogens is 212 g/mol. The molecule has 2 atom stereocenters. The maximum atomic E-state index is 5.88. The summed E-state index contributed by atoms with van der Waals surface area (Å²) in [5.74, 6) is -0.102. The first-order chi connectivity index (χ1) is 7.30. The molecule has 1 saturated heterocycles. The number of hydrogen-bond acceptors (Lipinski definition) is 2. The van der Waals surface area contributed by atoms with Crippen molar-refractivity contribution in [3.05, 3.63) is 35.9 Å². The Morgan fingerprint density at radius 3 is 2.67 bits per heavy atom. The molecule has 0 aliphatic carbocycles. The van der Waals surface area contributed by atoms with Gasteiger partial charge in [-0.05, 0) is 0 Å². The highest BCUT2D eigenvalue weighted by Gasteiger charge is 2.41. The van der Waals surface area contributed by atoms with Crippen LogP contribution in [-0.4, -0.2) is 18.6 Å². The molecule has 0 amide bonds. The molecule has 1 aliphatic heterocycles. The van der Waals surface area contributed by atoms with E-state index in [2.05, 4.69) is 6.92 Å². The van der Waals surface area contributed by atoms with E-state index >= 15 is 0 Å².